The van der Waals surface area contributed by atoms with Crippen LogP contribution < -0.4 is 5.32 Å². The summed E-state index contributed by atoms with van der Waals surface area (Å²) in [7, 11) is 0. The number of amides is 1. The number of hydrogen-bond donors (Lipinski definition) is 1. The standard InChI is InChI=1S/C7H8ClN3OS/c1-13-4-7(12)9-6-3-2-5(8)10-11-6/h2-3H,4H2,1H3,(H,9,11,12). The number of hydrogen-bond acceptors (Lipinski definition) is 4. The Kier molecular flexibility index (Phi) is 3.98. The van der Waals surface area contributed by atoms with Gasteiger partial charge in [-0.1, -0.05) is 11.6 Å². The Morgan fingerprint density at radius 2 is 2.38 bits per heavy atom. The minimum Gasteiger partial charge on any atom is -0.308 e. The number of carbonyl (C=O) groups excluding carboxylic acids is 1. The molecule has 0 saturated carbocycles. The highest BCUT2D eigenvalue weighted by Crippen LogP contribution is 2.06. The third-order valence-electron chi connectivity index (χ3n) is 1.17. The molecule has 1 amide bonds. The van der Waals surface area contributed by atoms with E-state index < -0.39 is 0 Å². The van der Waals surface area contributed by atoms with Gasteiger partial charge < -0.3 is 5.32 Å². The summed E-state index contributed by atoms with van der Waals surface area (Å²) >= 11 is 6.96. The van der Waals surface area contributed by atoms with Gasteiger partial charge in [-0.25, -0.2) is 0 Å². The molecule has 0 saturated heterocycles. The molecule has 13 heavy (non-hydrogen) atoms. The summed E-state index contributed by atoms with van der Waals surface area (Å²) in [6, 6.07) is 3.18. The van der Waals surface area contributed by atoms with E-state index in [-0.39, 0.29) is 5.91 Å². The first kappa shape index (κ1) is 10.3. The fourth-order valence-electron chi connectivity index (χ4n) is 0.693. The van der Waals surface area contributed by atoms with Crippen LogP contribution in [0.25, 0.3) is 0 Å². The van der Waals surface area contributed by atoms with Crippen molar-refractivity contribution in [1.82, 2.24) is 10.2 Å². The monoisotopic (exact) mass is 217 g/mol. The van der Waals surface area contributed by atoms with Gasteiger partial charge in [-0.3, -0.25) is 4.79 Å². The molecule has 0 aliphatic carbocycles. The molecule has 0 aromatic carbocycles. The number of aromatic nitrogens is 2. The Labute approximate surface area is 85.1 Å². The highest BCUT2D eigenvalue weighted by molar-refractivity contribution is 7.99. The first-order valence-corrected chi connectivity index (χ1v) is 5.27. The molecule has 1 aromatic rings. The fraction of sp³-hybridized carbons (Fsp3) is 0.286. The van der Waals surface area contributed by atoms with Crippen molar-refractivity contribution in [2.24, 2.45) is 0 Å². The number of carbonyl (C=O) groups is 1. The largest absolute Gasteiger partial charge is 0.308 e. The summed E-state index contributed by atoms with van der Waals surface area (Å²) in [4.78, 5) is 11.1. The van der Waals surface area contributed by atoms with E-state index in [0.29, 0.717) is 16.7 Å². The zero-order chi connectivity index (χ0) is 9.68. The van der Waals surface area contributed by atoms with Crippen LogP contribution in [-0.2, 0) is 4.79 Å². The molecule has 0 bridgehead atoms. The van der Waals surface area contributed by atoms with Gasteiger partial charge in [0, 0.05) is 0 Å². The van der Waals surface area contributed by atoms with Crippen LogP contribution in [0.4, 0.5) is 5.82 Å². The van der Waals surface area contributed by atoms with Gasteiger partial charge in [0.2, 0.25) is 5.91 Å². The molecule has 70 valence electrons. The van der Waals surface area contributed by atoms with Gasteiger partial charge in [0.05, 0.1) is 5.75 Å². The number of nitrogens with one attached hydrogen (secondary N) is 1. The van der Waals surface area contributed by atoms with Crippen molar-refractivity contribution in [1.29, 1.82) is 0 Å². The molecule has 1 rings (SSSR count). The summed E-state index contributed by atoms with van der Waals surface area (Å²) in [6.07, 6.45) is 1.85. The molecule has 1 aromatic heterocycles. The second kappa shape index (κ2) is 5.04. The third kappa shape index (κ3) is 3.61. The molecular formula is C7H8ClN3OS. The van der Waals surface area contributed by atoms with E-state index in [2.05, 4.69) is 15.5 Å². The van der Waals surface area contributed by atoms with E-state index in [0.717, 1.165) is 0 Å². The lowest BCUT2D eigenvalue weighted by atomic mass is 10.5. The van der Waals surface area contributed by atoms with Gasteiger partial charge in [0.25, 0.3) is 0 Å². The van der Waals surface area contributed by atoms with Crippen molar-refractivity contribution < 1.29 is 4.79 Å². The molecular weight excluding hydrogens is 210 g/mol. The Morgan fingerprint density at radius 1 is 1.62 bits per heavy atom. The lowest BCUT2D eigenvalue weighted by Crippen LogP contribution is -2.14. The van der Waals surface area contributed by atoms with Crippen LogP contribution in [-0.4, -0.2) is 28.1 Å². The van der Waals surface area contributed by atoms with E-state index in [9.17, 15) is 4.79 Å². The normalized spacial score (nSPS) is 9.69. The van der Waals surface area contributed by atoms with Gasteiger partial charge in [0.1, 0.15) is 0 Å². The predicted octanol–water partition coefficient (Wildman–Crippen LogP) is 1.43. The summed E-state index contributed by atoms with van der Waals surface area (Å²) in [5.41, 5.74) is 0. The maximum Gasteiger partial charge on any atom is 0.235 e. The molecule has 0 spiro atoms. The van der Waals surface area contributed by atoms with E-state index in [1.165, 1.54) is 11.8 Å². The lowest BCUT2D eigenvalue weighted by Gasteiger charge is -2.00. The molecule has 0 fully saturated rings. The van der Waals surface area contributed by atoms with Crippen molar-refractivity contribution in [2.45, 2.75) is 0 Å². The summed E-state index contributed by atoms with van der Waals surface area (Å²) in [5, 5.41) is 10.1. The van der Waals surface area contributed by atoms with E-state index >= 15 is 0 Å². The summed E-state index contributed by atoms with van der Waals surface area (Å²) in [5.74, 6) is 0.734. The van der Waals surface area contributed by atoms with Crippen molar-refractivity contribution >= 4 is 35.1 Å². The number of halogens is 1. The van der Waals surface area contributed by atoms with Crippen molar-refractivity contribution in [2.75, 3.05) is 17.3 Å². The average Bonchev–Trinajstić information content (AvgIpc) is 2.09. The van der Waals surface area contributed by atoms with Crippen LogP contribution in [0.3, 0.4) is 0 Å². The number of nitrogens with zero attached hydrogens (tertiary/aromatic N) is 2. The number of thioether (sulfide) groups is 1. The van der Waals surface area contributed by atoms with Gasteiger partial charge in [-0.05, 0) is 18.4 Å². The van der Waals surface area contributed by atoms with Crippen LogP contribution in [0, 0.1) is 0 Å². The van der Waals surface area contributed by atoms with Gasteiger partial charge in [0.15, 0.2) is 11.0 Å². The Balaban J connectivity index is 2.54. The molecule has 6 heteroatoms. The van der Waals surface area contributed by atoms with Crippen molar-refractivity contribution in [3.8, 4) is 0 Å². The molecule has 0 unspecified atom stereocenters. The summed E-state index contributed by atoms with van der Waals surface area (Å²) < 4.78 is 0. The summed E-state index contributed by atoms with van der Waals surface area (Å²) in [6.45, 7) is 0. The Bertz CT molecular complexity index is 290. The molecule has 0 aliphatic rings. The Morgan fingerprint density at radius 3 is 2.92 bits per heavy atom. The topological polar surface area (TPSA) is 54.9 Å². The van der Waals surface area contributed by atoms with Gasteiger partial charge in [-0.2, -0.15) is 11.8 Å². The quantitative estimate of drug-likeness (QED) is 0.833. The Hall–Kier alpha value is -0.810. The van der Waals surface area contributed by atoms with E-state index in [1.807, 2.05) is 6.26 Å². The van der Waals surface area contributed by atoms with Gasteiger partial charge >= 0.3 is 0 Å². The average molecular weight is 218 g/mol. The zero-order valence-electron chi connectivity index (χ0n) is 6.95. The first-order chi connectivity index (χ1) is 6.22. The minimum absolute atomic E-state index is 0.0934. The van der Waals surface area contributed by atoms with Crippen LogP contribution in [0.1, 0.15) is 0 Å². The lowest BCUT2D eigenvalue weighted by molar-refractivity contribution is -0.113. The fourth-order valence-corrected chi connectivity index (χ4v) is 1.13. The first-order valence-electron chi connectivity index (χ1n) is 3.50. The molecule has 0 atom stereocenters. The molecule has 4 nitrogen and oxygen atoms in total. The highest BCUT2D eigenvalue weighted by atomic mass is 35.5. The second-order valence-corrected chi connectivity index (χ2v) is 3.48. The zero-order valence-corrected chi connectivity index (χ0v) is 8.52. The maximum atomic E-state index is 11.1. The third-order valence-corrected chi connectivity index (χ3v) is 1.93. The molecule has 1 heterocycles. The van der Waals surface area contributed by atoms with E-state index in [1.54, 1.807) is 12.1 Å². The SMILES string of the molecule is CSCC(=O)Nc1ccc(Cl)nn1. The van der Waals surface area contributed by atoms with Crippen LogP contribution in [0.2, 0.25) is 5.15 Å². The second-order valence-electron chi connectivity index (χ2n) is 2.22. The molecule has 0 radical (unpaired) electrons. The number of rotatable bonds is 3. The maximum absolute atomic E-state index is 11.1. The smallest absolute Gasteiger partial charge is 0.235 e. The highest BCUT2D eigenvalue weighted by Gasteiger charge is 2.01. The molecule has 1 N–H and O–H groups in total. The molecule has 0 aliphatic heterocycles. The predicted molar refractivity (Wildman–Crippen MR) is 54.1 cm³/mol. The van der Waals surface area contributed by atoms with Crippen LogP contribution in [0.15, 0.2) is 12.1 Å². The van der Waals surface area contributed by atoms with Crippen molar-refractivity contribution in [3.63, 3.8) is 0 Å². The number of anilines is 1. The van der Waals surface area contributed by atoms with Gasteiger partial charge in [-0.15, -0.1) is 10.2 Å². The van der Waals surface area contributed by atoms with Crippen LogP contribution in [0.5, 0.6) is 0 Å². The van der Waals surface area contributed by atoms with Crippen molar-refractivity contribution in [3.05, 3.63) is 17.3 Å². The van der Waals surface area contributed by atoms with E-state index in [4.69, 9.17) is 11.6 Å². The van der Waals surface area contributed by atoms with Crippen LogP contribution >= 0.6 is 23.4 Å². The minimum atomic E-state index is -0.0934.